The van der Waals surface area contributed by atoms with E-state index in [1.54, 1.807) is 18.3 Å². The van der Waals surface area contributed by atoms with E-state index in [1.165, 1.54) is 0 Å². The van der Waals surface area contributed by atoms with Crippen molar-refractivity contribution in [2.45, 2.75) is 19.9 Å². The van der Waals surface area contributed by atoms with E-state index in [4.69, 9.17) is 0 Å². The number of hydrogen-bond donors (Lipinski definition) is 2. The maximum absolute atomic E-state index is 12.6. The van der Waals surface area contributed by atoms with Crippen molar-refractivity contribution in [1.82, 2.24) is 10.3 Å². The van der Waals surface area contributed by atoms with Crippen molar-refractivity contribution in [2.75, 3.05) is 11.0 Å². The Hall–Kier alpha value is -2.93. The zero-order valence-electron chi connectivity index (χ0n) is 15.4. The Kier molecular flexibility index (Phi) is 5.14. The third kappa shape index (κ3) is 4.62. The fraction of sp³-hybridized carbons (Fsp3) is 0.200. The highest BCUT2D eigenvalue weighted by atomic mass is 32.2. The second-order valence-electron chi connectivity index (χ2n) is 6.56. The van der Waals surface area contributed by atoms with Crippen LogP contribution in [0.1, 0.15) is 34.5 Å². The van der Waals surface area contributed by atoms with Crippen LogP contribution in [0.5, 0.6) is 0 Å². The molecule has 1 atom stereocenters. The number of sulfonamides is 1. The summed E-state index contributed by atoms with van der Waals surface area (Å²) in [6, 6.07) is 14.6. The molecule has 2 N–H and O–H groups in total. The molecule has 1 aromatic heterocycles. The molecule has 27 heavy (non-hydrogen) atoms. The Morgan fingerprint density at radius 3 is 2.56 bits per heavy atom. The summed E-state index contributed by atoms with van der Waals surface area (Å²) in [7, 11) is -3.33. The number of carbonyl (C=O) groups is 1. The van der Waals surface area contributed by atoms with Gasteiger partial charge >= 0.3 is 0 Å². The molecule has 6 nitrogen and oxygen atoms in total. The zero-order chi connectivity index (χ0) is 19.6. The number of carbonyl (C=O) groups excluding carboxylic acids is 1. The van der Waals surface area contributed by atoms with Crippen LogP contribution in [0.4, 0.5) is 5.69 Å². The lowest BCUT2D eigenvalue weighted by molar-refractivity contribution is 0.0939. The number of amides is 1. The summed E-state index contributed by atoms with van der Waals surface area (Å²) in [4.78, 5) is 16.9. The van der Waals surface area contributed by atoms with Crippen LogP contribution >= 0.6 is 0 Å². The first kappa shape index (κ1) is 18.8. The van der Waals surface area contributed by atoms with Gasteiger partial charge in [-0.15, -0.1) is 0 Å². The number of hydrogen-bond acceptors (Lipinski definition) is 4. The number of nitrogens with zero attached hydrogens (tertiary/aromatic N) is 1. The second-order valence-corrected chi connectivity index (χ2v) is 8.31. The van der Waals surface area contributed by atoms with E-state index in [0.717, 1.165) is 28.3 Å². The van der Waals surface area contributed by atoms with Crippen molar-refractivity contribution in [3.63, 3.8) is 0 Å². The number of aromatic nitrogens is 1. The van der Waals surface area contributed by atoms with Gasteiger partial charge in [0.15, 0.2) is 0 Å². The lowest BCUT2D eigenvalue weighted by atomic mass is 10.0. The van der Waals surface area contributed by atoms with Gasteiger partial charge in [0.05, 0.1) is 29.1 Å². The summed E-state index contributed by atoms with van der Waals surface area (Å²) in [6.07, 6.45) is 2.68. The van der Waals surface area contributed by atoms with Gasteiger partial charge in [0.1, 0.15) is 0 Å². The molecular weight excluding hydrogens is 362 g/mol. The minimum absolute atomic E-state index is 0.211. The fourth-order valence-electron chi connectivity index (χ4n) is 2.83. The van der Waals surface area contributed by atoms with Crippen molar-refractivity contribution in [3.8, 4) is 0 Å². The first-order chi connectivity index (χ1) is 12.7. The number of aryl methyl sites for hydroxylation is 1. The summed E-state index contributed by atoms with van der Waals surface area (Å²) in [6.45, 7) is 3.70. The topological polar surface area (TPSA) is 88.2 Å². The van der Waals surface area contributed by atoms with Gasteiger partial charge in [0.2, 0.25) is 10.0 Å². The van der Waals surface area contributed by atoms with Crippen molar-refractivity contribution in [1.29, 1.82) is 0 Å². The molecule has 0 saturated carbocycles. The highest BCUT2D eigenvalue weighted by Crippen LogP contribution is 2.22. The van der Waals surface area contributed by atoms with Crippen molar-refractivity contribution < 1.29 is 13.2 Å². The minimum atomic E-state index is -3.33. The van der Waals surface area contributed by atoms with Gasteiger partial charge in [-0.3, -0.25) is 14.5 Å². The molecule has 3 rings (SSSR count). The van der Waals surface area contributed by atoms with Crippen LogP contribution in [0, 0.1) is 6.92 Å². The number of para-hydroxylation sites is 1. The standard InChI is InChI=1S/C20H21N3O3S/c1-13-10-15(8-9-18(13)23-27(3,25)26)14(2)22-20(24)17-11-16-6-4-5-7-19(16)21-12-17/h4-12,14,23H,1-3H3,(H,22,24)/t14-/m1/s1. The van der Waals surface area contributed by atoms with Gasteiger partial charge in [0, 0.05) is 11.6 Å². The summed E-state index contributed by atoms with van der Waals surface area (Å²) >= 11 is 0. The minimum Gasteiger partial charge on any atom is -0.345 e. The van der Waals surface area contributed by atoms with Crippen LogP contribution in [0.25, 0.3) is 10.9 Å². The average Bonchev–Trinajstić information content (AvgIpc) is 2.61. The van der Waals surface area contributed by atoms with Crippen LogP contribution in [0.2, 0.25) is 0 Å². The van der Waals surface area contributed by atoms with Crippen molar-refractivity contribution in [2.24, 2.45) is 0 Å². The monoisotopic (exact) mass is 383 g/mol. The van der Waals surface area contributed by atoms with Crippen LogP contribution in [0.15, 0.2) is 54.7 Å². The van der Waals surface area contributed by atoms with E-state index in [1.807, 2.05) is 50.2 Å². The van der Waals surface area contributed by atoms with Gasteiger partial charge in [-0.1, -0.05) is 30.3 Å². The third-order valence-corrected chi connectivity index (χ3v) is 4.84. The van der Waals surface area contributed by atoms with Gasteiger partial charge < -0.3 is 5.32 Å². The average molecular weight is 383 g/mol. The number of pyridine rings is 1. The molecule has 0 fully saturated rings. The first-order valence-electron chi connectivity index (χ1n) is 8.47. The smallest absolute Gasteiger partial charge is 0.253 e. The quantitative estimate of drug-likeness (QED) is 0.707. The number of fused-ring (bicyclic) bond motifs is 1. The second kappa shape index (κ2) is 7.36. The molecule has 0 aliphatic heterocycles. The van der Waals surface area contributed by atoms with E-state index in [2.05, 4.69) is 15.0 Å². The predicted molar refractivity (Wildman–Crippen MR) is 107 cm³/mol. The molecule has 0 bridgehead atoms. The Labute approximate surface area is 158 Å². The summed E-state index contributed by atoms with van der Waals surface area (Å²) in [5.41, 5.74) is 3.53. The molecule has 0 radical (unpaired) electrons. The molecule has 0 saturated heterocycles. The SMILES string of the molecule is Cc1cc([C@@H](C)NC(=O)c2cnc3ccccc3c2)ccc1NS(C)(=O)=O. The van der Waals surface area contributed by atoms with E-state index >= 15 is 0 Å². The van der Waals surface area contributed by atoms with Crippen molar-refractivity contribution >= 4 is 32.5 Å². The summed E-state index contributed by atoms with van der Waals surface area (Å²) < 4.78 is 25.3. The maximum Gasteiger partial charge on any atom is 0.253 e. The Morgan fingerprint density at radius 2 is 1.85 bits per heavy atom. The predicted octanol–water partition coefficient (Wildman–Crippen LogP) is 3.41. The van der Waals surface area contributed by atoms with E-state index in [0.29, 0.717) is 11.3 Å². The number of rotatable bonds is 5. The molecule has 1 amide bonds. The van der Waals surface area contributed by atoms with Gasteiger partial charge in [0.25, 0.3) is 5.91 Å². The normalized spacial score (nSPS) is 12.6. The van der Waals surface area contributed by atoms with Crippen LogP contribution in [-0.4, -0.2) is 25.6 Å². The highest BCUT2D eigenvalue weighted by Gasteiger charge is 2.14. The van der Waals surface area contributed by atoms with Gasteiger partial charge in [-0.2, -0.15) is 0 Å². The molecule has 0 aliphatic carbocycles. The Balaban J connectivity index is 1.76. The van der Waals surface area contributed by atoms with Gasteiger partial charge in [-0.05, 0) is 43.2 Å². The number of benzene rings is 2. The first-order valence-corrected chi connectivity index (χ1v) is 10.4. The summed E-state index contributed by atoms with van der Waals surface area (Å²) in [5.74, 6) is -0.211. The highest BCUT2D eigenvalue weighted by molar-refractivity contribution is 7.92. The molecule has 0 spiro atoms. The van der Waals surface area contributed by atoms with E-state index in [9.17, 15) is 13.2 Å². The lowest BCUT2D eigenvalue weighted by Crippen LogP contribution is -2.26. The largest absolute Gasteiger partial charge is 0.345 e. The van der Waals surface area contributed by atoms with Gasteiger partial charge in [-0.25, -0.2) is 8.42 Å². The molecule has 7 heteroatoms. The van der Waals surface area contributed by atoms with E-state index in [-0.39, 0.29) is 11.9 Å². The third-order valence-electron chi connectivity index (χ3n) is 4.25. The van der Waals surface area contributed by atoms with Crippen LogP contribution in [0.3, 0.4) is 0 Å². The number of anilines is 1. The summed E-state index contributed by atoms with van der Waals surface area (Å²) in [5, 5.41) is 3.86. The number of nitrogens with one attached hydrogen (secondary N) is 2. The molecule has 0 aliphatic rings. The molecule has 2 aromatic carbocycles. The molecular formula is C20H21N3O3S. The Morgan fingerprint density at radius 1 is 1.11 bits per heavy atom. The lowest BCUT2D eigenvalue weighted by Gasteiger charge is -2.17. The fourth-order valence-corrected chi connectivity index (χ4v) is 3.46. The molecule has 0 unspecified atom stereocenters. The molecule has 3 aromatic rings. The molecule has 140 valence electrons. The maximum atomic E-state index is 12.6. The van der Waals surface area contributed by atoms with Crippen molar-refractivity contribution in [3.05, 3.63) is 71.4 Å². The van der Waals surface area contributed by atoms with Crippen LogP contribution < -0.4 is 10.0 Å². The Bertz CT molecular complexity index is 1110. The van der Waals surface area contributed by atoms with Crippen LogP contribution in [-0.2, 0) is 10.0 Å². The molecule has 1 heterocycles. The zero-order valence-corrected chi connectivity index (χ0v) is 16.2. The van der Waals surface area contributed by atoms with E-state index < -0.39 is 10.0 Å².